The highest BCUT2D eigenvalue weighted by Gasteiger charge is 2.27. The number of ether oxygens (including phenoxy) is 1. The molecule has 0 spiro atoms. The Labute approximate surface area is 173 Å². The Morgan fingerprint density at radius 1 is 1.17 bits per heavy atom. The lowest BCUT2D eigenvalue weighted by Crippen LogP contribution is -2.49. The standard InChI is InChI=1S/C22H32N4O3/c1-4-5-6-20-23-22(29-24-20)17(2)25-13-15-26(16-14-25)21(27)12-9-18-7-10-19(28-3)11-8-18/h7-8,10-11,17H,4-6,9,12-16H2,1-3H3. The van der Waals surface area contributed by atoms with Crippen LogP contribution in [-0.4, -0.2) is 59.1 Å². The van der Waals surface area contributed by atoms with Crippen LogP contribution >= 0.6 is 0 Å². The molecule has 0 aliphatic carbocycles. The highest BCUT2D eigenvalue weighted by molar-refractivity contribution is 5.76. The lowest BCUT2D eigenvalue weighted by atomic mass is 10.1. The molecule has 1 aliphatic rings. The summed E-state index contributed by atoms with van der Waals surface area (Å²) in [6, 6.07) is 7.99. The van der Waals surface area contributed by atoms with Crippen molar-refractivity contribution in [1.82, 2.24) is 19.9 Å². The maximum atomic E-state index is 12.6. The lowest BCUT2D eigenvalue weighted by Gasteiger charge is -2.36. The van der Waals surface area contributed by atoms with Crippen molar-refractivity contribution >= 4 is 5.91 Å². The third-order valence-electron chi connectivity index (χ3n) is 5.60. The van der Waals surface area contributed by atoms with E-state index in [9.17, 15) is 4.79 Å². The van der Waals surface area contributed by atoms with Gasteiger partial charge in [0.1, 0.15) is 5.75 Å². The SMILES string of the molecule is CCCCc1noc(C(C)N2CCN(C(=O)CCc3ccc(OC)cc3)CC2)n1. The van der Waals surface area contributed by atoms with Crippen LogP contribution in [0.4, 0.5) is 0 Å². The molecule has 0 bridgehead atoms. The predicted octanol–water partition coefficient (Wildman–Crippen LogP) is 3.26. The van der Waals surface area contributed by atoms with E-state index in [-0.39, 0.29) is 11.9 Å². The average molecular weight is 401 g/mol. The summed E-state index contributed by atoms with van der Waals surface area (Å²) in [6.07, 6.45) is 4.34. The van der Waals surface area contributed by atoms with Gasteiger partial charge in [0.2, 0.25) is 11.8 Å². The summed E-state index contributed by atoms with van der Waals surface area (Å²) < 4.78 is 10.6. The minimum Gasteiger partial charge on any atom is -0.497 e. The molecule has 1 amide bonds. The Balaban J connectivity index is 1.44. The topological polar surface area (TPSA) is 71.7 Å². The van der Waals surface area contributed by atoms with Crippen molar-refractivity contribution in [3.05, 3.63) is 41.5 Å². The van der Waals surface area contributed by atoms with E-state index in [2.05, 4.69) is 28.9 Å². The summed E-state index contributed by atoms with van der Waals surface area (Å²) in [4.78, 5) is 21.4. The lowest BCUT2D eigenvalue weighted by molar-refractivity contribution is -0.133. The van der Waals surface area contributed by atoms with Gasteiger partial charge >= 0.3 is 0 Å². The molecule has 0 N–H and O–H groups in total. The van der Waals surface area contributed by atoms with Crippen molar-refractivity contribution in [3.63, 3.8) is 0 Å². The van der Waals surface area contributed by atoms with E-state index in [4.69, 9.17) is 9.26 Å². The Morgan fingerprint density at radius 2 is 1.90 bits per heavy atom. The zero-order chi connectivity index (χ0) is 20.6. The fraction of sp³-hybridized carbons (Fsp3) is 0.591. The second-order valence-corrected chi connectivity index (χ2v) is 7.59. The van der Waals surface area contributed by atoms with Crippen LogP contribution in [0.25, 0.3) is 0 Å². The molecule has 1 fully saturated rings. The number of hydrogen-bond donors (Lipinski definition) is 0. The number of rotatable bonds is 9. The number of unbranched alkanes of at least 4 members (excludes halogenated alkanes) is 1. The van der Waals surface area contributed by atoms with Gasteiger partial charge in [-0.2, -0.15) is 4.98 Å². The van der Waals surface area contributed by atoms with E-state index >= 15 is 0 Å². The minimum atomic E-state index is 0.0782. The largest absolute Gasteiger partial charge is 0.497 e. The maximum absolute atomic E-state index is 12.6. The summed E-state index contributed by atoms with van der Waals surface area (Å²) in [5.74, 6) is 2.52. The van der Waals surface area contributed by atoms with Gasteiger partial charge in [0.05, 0.1) is 13.2 Å². The molecule has 29 heavy (non-hydrogen) atoms. The molecule has 1 aromatic heterocycles. The molecule has 0 radical (unpaired) electrons. The molecule has 158 valence electrons. The summed E-state index contributed by atoms with van der Waals surface area (Å²) in [7, 11) is 1.66. The van der Waals surface area contributed by atoms with E-state index < -0.39 is 0 Å². The normalized spacial score (nSPS) is 16.0. The summed E-state index contributed by atoms with van der Waals surface area (Å²) in [5, 5.41) is 4.09. The number of methoxy groups -OCH3 is 1. The van der Waals surface area contributed by atoms with Crippen molar-refractivity contribution in [2.24, 2.45) is 0 Å². The highest BCUT2D eigenvalue weighted by atomic mass is 16.5. The monoisotopic (exact) mass is 400 g/mol. The van der Waals surface area contributed by atoms with Crippen LogP contribution in [0.5, 0.6) is 5.75 Å². The molecule has 7 nitrogen and oxygen atoms in total. The van der Waals surface area contributed by atoms with Crippen LogP contribution in [0.3, 0.4) is 0 Å². The van der Waals surface area contributed by atoms with Crippen LogP contribution < -0.4 is 4.74 Å². The zero-order valence-electron chi connectivity index (χ0n) is 17.8. The third kappa shape index (κ3) is 5.79. The molecule has 2 aromatic rings. The van der Waals surface area contributed by atoms with Crippen molar-refractivity contribution < 1.29 is 14.1 Å². The molecule has 1 unspecified atom stereocenters. The molecule has 1 aromatic carbocycles. The number of amides is 1. The molecule has 7 heteroatoms. The van der Waals surface area contributed by atoms with Crippen molar-refractivity contribution in [2.45, 2.75) is 52.0 Å². The average Bonchev–Trinajstić information content (AvgIpc) is 3.25. The number of nitrogens with zero attached hydrogens (tertiary/aromatic N) is 4. The van der Waals surface area contributed by atoms with Gasteiger partial charge in [-0.05, 0) is 37.5 Å². The first-order chi connectivity index (χ1) is 14.1. The van der Waals surface area contributed by atoms with Crippen LogP contribution in [0.2, 0.25) is 0 Å². The number of carbonyl (C=O) groups is 1. The molecule has 2 heterocycles. The first-order valence-corrected chi connectivity index (χ1v) is 10.6. The highest BCUT2D eigenvalue weighted by Crippen LogP contribution is 2.21. The van der Waals surface area contributed by atoms with Gasteiger partial charge in [-0.3, -0.25) is 9.69 Å². The number of aromatic nitrogens is 2. The van der Waals surface area contributed by atoms with Crippen LogP contribution in [0, 0.1) is 0 Å². The van der Waals surface area contributed by atoms with Gasteiger partial charge in [-0.15, -0.1) is 0 Å². The van der Waals surface area contributed by atoms with Gasteiger partial charge in [0, 0.05) is 39.0 Å². The van der Waals surface area contributed by atoms with Crippen molar-refractivity contribution in [1.29, 1.82) is 0 Å². The minimum absolute atomic E-state index is 0.0782. The van der Waals surface area contributed by atoms with Gasteiger partial charge in [-0.25, -0.2) is 0 Å². The van der Waals surface area contributed by atoms with Crippen LogP contribution in [0.15, 0.2) is 28.8 Å². The van der Waals surface area contributed by atoms with Gasteiger partial charge < -0.3 is 14.2 Å². The van der Waals surface area contributed by atoms with Crippen LogP contribution in [0.1, 0.15) is 56.4 Å². The number of piperazine rings is 1. The quantitative estimate of drug-likeness (QED) is 0.643. The number of hydrogen-bond acceptors (Lipinski definition) is 6. The van der Waals surface area contributed by atoms with E-state index in [0.29, 0.717) is 12.3 Å². The summed E-state index contributed by atoms with van der Waals surface area (Å²) in [6.45, 7) is 7.37. The Bertz CT molecular complexity index is 767. The zero-order valence-corrected chi connectivity index (χ0v) is 17.8. The first-order valence-electron chi connectivity index (χ1n) is 10.6. The van der Waals surface area contributed by atoms with E-state index in [1.165, 1.54) is 0 Å². The Morgan fingerprint density at radius 3 is 2.55 bits per heavy atom. The Kier molecular flexibility index (Phi) is 7.63. The molecule has 1 atom stereocenters. The predicted molar refractivity (Wildman–Crippen MR) is 111 cm³/mol. The second kappa shape index (κ2) is 10.4. The number of benzene rings is 1. The first kappa shape index (κ1) is 21.3. The maximum Gasteiger partial charge on any atom is 0.243 e. The molecular weight excluding hydrogens is 368 g/mol. The summed E-state index contributed by atoms with van der Waals surface area (Å²) >= 11 is 0. The van der Waals surface area contributed by atoms with Gasteiger partial charge in [0.15, 0.2) is 5.82 Å². The smallest absolute Gasteiger partial charge is 0.243 e. The van der Waals surface area contributed by atoms with Gasteiger partial charge in [0.25, 0.3) is 0 Å². The summed E-state index contributed by atoms with van der Waals surface area (Å²) in [5.41, 5.74) is 1.15. The number of aryl methyl sites for hydroxylation is 2. The van der Waals surface area contributed by atoms with Crippen LogP contribution in [-0.2, 0) is 17.6 Å². The second-order valence-electron chi connectivity index (χ2n) is 7.59. The van der Waals surface area contributed by atoms with Crippen molar-refractivity contribution in [2.75, 3.05) is 33.3 Å². The van der Waals surface area contributed by atoms with E-state index in [1.807, 2.05) is 29.2 Å². The molecule has 1 saturated heterocycles. The fourth-order valence-corrected chi connectivity index (χ4v) is 3.59. The fourth-order valence-electron chi connectivity index (χ4n) is 3.59. The Hall–Kier alpha value is -2.41. The molecule has 3 rings (SSSR count). The van der Waals surface area contributed by atoms with Gasteiger partial charge in [-0.1, -0.05) is 30.6 Å². The third-order valence-corrected chi connectivity index (χ3v) is 5.60. The van der Waals surface area contributed by atoms with E-state index in [1.54, 1.807) is 7.11 Å². The van der Waals surface area contributed by atoms with E-state index in [0.717, 1.165) is 69.0 Å². The number of carbonyl (C=O) groups excluding carboxylic acids is 1. The van der Waals surface area contributed by atoms with Crippen molar-refractivity contribution in [3.8, 4) is 5.75 Å². The molecular formula is C22H32N4O3. The molecule has 1 aliphatic heterocycles. The molecule has 0 saturated carbocycles.